The average molecular weight is 243 g/mol. The van der Waals surface area contributed by atoms with Crippen molar-refractivity contribution in [1.29, 1.82) is 0 Å². The Bertz CT molecular complexity index is 440. The second-order valence-corrected chi connectivity index (χ2v) is 5.86. The van der Waals surface area contributed by atoms with Crippen LogP contribution in [-0.4, -0.2) is 20.3 Å². The van der Waals surface area contributed by atoms with E-state index in [1.807, 2.05) is 6.92 Å². The van der Waals surface area contributed by atoms with Crippen molar-refractivity contribution in [3.05, 3.63) is 24.3 Å². The Morgan fingerprint density at radius 1 is 1.31 bits per heavy atom. The van der Waals surface area contributed by atoms with E-state index in [1.165, 1.54) is 0 Å². The summed E-state index contributed by atoms with van der Waals surface area (Å²) in [4.78, 5) is 0. The standard InChI is InChI=1S/C11H17NO3S/c1-4-15-11-8-6-5-7-10(11)12-16(13,14)9(2)3/h5-9,12H,4H2,1-3H3. The van der Waals surface area contributed by atoms with E-state index in [-0.39, 0.29) is 0 Å². The van der Waals surface area contributed by atoms with Gasteiger partial charge in [0, 0.05) is 0 Å². The third-order valence-corrected chi connectivity index (χ3v) is 3.81. The second kappa shape index (κ2) is 5.21. The lowest BCUT2D eigenvalue weighted by molar-refractivity contribution is 0.342. The molecule has 0 aromatic heterocycles. The Kier molecular flexibility index (Phi) is 4.18. The van der Waals surface area contributed by atoms with Gasteiger partial charge in [0.15, 0.2) is 0 Å². The highest BCUT2D eigenvalue weighted by Gasteiger charge is 2.17. The van der Waals surface area contributed by atoms with E-state index in [0.29, 0.717) is 18.0 Å². The van der Waals surface area contributed by atoms with Gasteiger partial charge in [-0.3, -0.25) is 4.72 Å². The maximum Gasteiger partial charge on any atom is 0.235 e. The quantitative estimate of drug-likeness (QED) is 0.862. The van der Waals surface area contributed by atoms with Gasteiger partial charge >= 0.3 is 0 Å². The summed E-state index contributed by atoms with van der Waals surface area (Å²) in [6.45, 7) is 5.62. The van der Waals surface area contributed by atoms with Crippen LogP contribution in [0.15, 0.2) is 24.3 Å². The van der Waals surface area contributed by atoms with Gasteiger partial charge in [-0.25, -0.2) is 8.42 Å². The van der Waals surface area contributed by atoms with Gasteiger partial charge in [0.25, 0.3) is 0 Å². The fourth-order valence-corrected chi connectivity index (χ4v) is 1.81. The molecule has 0 unspecified atom stereocenters. The molecule has 0 aliphatic carbocycles. The van der Waals surface area contributed by atoms with E-state index in [0.717, 1.165) is 0 Å². The summed E-state index contributed by atoms with van der Waals surface area (Å²) < 4.78 is 31.2. The van der Waals surface area contributed by atoms with Crippen LogP contribution in [0, 0.1) is 0 Å². The molecular formula is C11H17NO3S. The summed E-state index contributed by atoms with van der Waals surface area (Å²) in [5, 5.41) is -0.470. The first kappa shape index (κ1) is 12.8. The van der Waals surface area contributed by atoms with Gasteiger partial charge < -0.3 is 4.74 Å². The van der Waals surface area contributed by atoms with Gasteiger partial charge in [0.05, 0.1) is 17.5 Å². The zero-order chi connectivity index (χ0) is 12.2. The molecule has 1 aromatic carbocycles. The van der Waals surface area contributed by atoms with Crippen LogP contribution in [-0.2, 0) is 10.0 Å². The molecule has 0 saturated heterocycles. The fraction of sp³-hybridized carbons (Fsp3) is 0.455. The van der Waals surface area contributed by atoms with Crippen molar-refractivity contribution in [3.8, 4) is 5.75 Å². The van der Waals surface area contributed by atoms with Gasteiger partial charge in [-0.05, 0) is 32.9 Å². The molecular weight excluding hydrogens is 226 g/mol. The molecule has 0 radical (unpaired) electrons. The number of nitrogens with one attached hydrogen (secondary N) is 1. The Labute approximate surface area is 96.7 Å². The number of sulfonamides is 1. The highest BCUT2D eigenvalue weighted by molar-refractivity contribution is 7.93. The minimum Gasteiger partial charge on any atom is -0.492 e. The van der Waals surface area contributed by atoms with Crippen LogP contribution in [0.5, 0.6) is 5.75 Å². The molecule has 0 atom stereocenters. The number of benzene rings is 1. The minimum absolute atomic E-state index is 0.470. The van der Waals surface area contributed by atoms with Crippen molar-refractivity contribution in [1.82, 2.24) is 0 Å². The Balaban J connectivity index is 2.97. The van der Waals surface area contributed by atoms with E-state index in [2.05, 4.69) is 4.72 Å². The lowest BCUT2D eigenvalue weighted by atomic mass is 10.3. The van der Waals surface area contributed by atoms with Gasteiger partial charge in [-0.15, -0.1) is 0 Å². The molecule has 16 heavy (non-hydrogen) atoms. The summed E-state index contributed by atoms with van der Waals surface area (Å²) >= 11 is 0. The predicted molar refractivity (Wildman–Crippen MR) is 65.3 cm³/mol. The molecule has 0 heterocycles. The highest BCUT2D eigenvalue weighted by atomic mass is 32.2. The first-order valence-corrected chi connectivity index (χ1v) is 6.75. The molecule has 0 amide bonds. The second-order valence-electron chi connectivity index (χ2n) is 3.62. The average Bonchev–Trinajstić information content (AvgIpc) is 2.20. The minimum atomic E-state index is -3.32. The lowest BCUT2D eigenvalue weighted by Crippen LogP contribution is -2.22. The molecule has 0 aliphatic rings. The van der Waals surface area contributed by atoms with Crippen LogP contribution in [0.3, 0.4) is 0 Å². The molecule has 1 rings (SSSR count). The van der Waals surface area contributed by atoms with Gasteiger partial charge in [-0.2, -0.15) is 0 Å². The predicted octanol–water partition coefficient (Wildman–Crippen LogP) is 2.24. The Morgan fingerprint density at radius 2 is 1.94 bits per heavy atom. The van der Waals surface area contributed by atoms with Crippen LogP contribution in [0.1, 0.15) is 20.8 Å². The van der Waals surface area contributed by atoms with E-state index >= 15 is 0 Å². The van der Waals surface area contributed by atoms with Crippen molar-refractivity contribution < 1.29 is 13.2 Å². The van der Waals surface area contributed by atoms with E-state index < -0.39 is 15.3 Å². The summed E-state index contributed by atoms with van der Waals surface area (Å²) in [7, 11) is -3.32. The smallest absolute Gasteiger partial charge is 0.235 e. The number of anilines is 1. The number of hydrogen-bond acceptors (Lipinski definition) is 3. The zero-order valence-electron chi connectivity index (χ0n) is 9.73. The number of para-hydroxylation sites is 2. The molecule has 90 valence electrons. The number of ether oxygens (including phenoxy) is 1. The van der Waals surface area contributed by atoms with Crippen LogP contribution < -0.4 is 9.46 Å². The van der Waals surface area contributed by atoms with E-state index in [4.69, 9.17) is 4.74 Å². The van der Waals surface area contributed by atoms with Crippen molar-refractivity contribution in [2.45, 2.75) is 26.0 Å². The molecule has 1 N–H and O–H groups in total. The van der Waals surface area contributed by atoms with Crippen LogP contribution in [0.25, 0.3) is 0 Å². The molecule has 0 spiro atoms. The van der Waals surface area contributed by atoms with Crippen molar-refractivity contribution >= 4 is 15.7 Å². The molecule has 0 fully saturated rings. The topological polar surface area (TPSA) is 55.4 Å². The monoisotopic (exact) mass is 243 g/mol. The molecule has 0 aliphatic heterocycles. The summed E-state index contributed by atoms with van der Waals surface area (Å²) in [5.41, 5.74) is 0.484. The van der Waals surface area contributed by atoms with Crippen molar-refractivity contribution in [2.24, 2.45) is 0 Å². The van der Waals surface area contributed by atoms with E-state index in [1.54, 1.807) is 38.1 Å². The summed E-state index contributed by atoms with van der Waals surface area (Å²) in [6, 6.07) is 6.99. The van der Waals surface area contributed by atoms with Crippen LogP contribution in [0.4, 0.5) is 5.69 Å². The Hall–Kier alpha value is -1.23. The summed E-state index contributed by atoms with van der Waals surface area (Å²) in [5.74, 6) is 0.550. The molecule has 0 saturated carbocycles. The third-order valence-electron chi connectivity index (χ3n) is 2.06. The summed E-state index contributed by atoms with van der Waals surface area (Å²) in [6.07, 6.45) is 0. The highest BCUT2D eigenvalue weighted by Crippen LogP contribution is 2.25. The molecule has 5 heteroatoms. The normalized spacial score (nSPS) is 11.5. The largest absolute Gasteiger partial charge is 0.492 e. The maximum absolute atomic E-state index is 11.7. The maximum atomic E-state index is 11.7. The molecule has 0 bridgehead atoms. The molecule has 1 aromatic rings. The SMILES string of the molecule is CCOc1ccccc1NS(=O)(=O)C(C)C. The lowest BCUT2D eigenvalue weighted by Gasteiger charge is -2.14. The van der Waals surface area contributed by atoms with Crippen molar-refractivity contribution in [3.63, 3.8) is 0 Å². The first-order chi connectivity index (χ1) is 7.47. The van der Waals surface area contributed by atoms with Crippen molar-refractivity contribution in [2.75, 3.05) is 11.3 Å². The fourth-order valence-electron chi connectivity index (χ4n) is 1.10. The zero-order valence-corrected chi connectivity index (χ0v) is 10.5. The van der Waals surface area contributed by atoms with E-state index in [9.17, 15) is 8.42 Å². The van der Waals surface area contributed by atoms with Crippen LogP contribution >= 0.6 is 0 Å². The van der Waals surface area contributed by atoms with Crippen LogP contribution in [0.2, 0.25) is 0 Å². The third kappa shape index (κ3) is 3.13. The van der Waals surface area contributed by atoms with Gasteiger partial charge in [-0.1, -0.05) is 12.1 Å². The first-order valence-electron chi connectivity index (χ1n) is 5.21. The Morgan fingerprint density at radius 3 is 2.50 bits per heavy atom. The number of hydrogen-bond donors (Lipinski definition) is 1. The van der Waals surface area contributed by atoms with Gasteiger partial charge in [0.2, 0.25) is 10.0 Å². The molecule has 4 nitrogen and oxygen atoms in total. The number of rotatable bonds is 5. The van der Waals surface area contributed by atoms with Gasteiger partial charge in [0.1, 0.15) is 5.75 Å².